The van der Waals surface area contributed by atoms with E-state index in [0.717, 1.165) is 11.1 Å². The molecule has 0 radical (unpaired) electrons. The van der Waals surface area contributed by atoms with E-state index < -0.39 is 17.9 Å². The van der Waals surface area contributed by atoms with Crippen molar-refractivity contribution < 1.29 is 19.5 Å². The maximum absolute atomic E-state index is 13.0. The molecule has 7 N–H and O–H groups in total. The number of carboxylic acid groups (broad SMARTS) is 1. The monoisotopic (exact) mass is 474 g/mol. The van der Waals surface area contributed by atoms with Crippen molar-refractivity contribution in [3.05, 3.63) is 101 Å². The van der Waals surface area contributed by atoms with Gasteiger partial charge in [0.25, 0.3) is 0 Å². The van der Waals surface area contributed by atoms with E-state index in [-0.39, 0.29) is 23.9 Å². The molecule has 1 atom stereocenters. The van der Waals surface area contributed by atoms with Crippen LogP contribution in [-0.4, -0.2) is 40.3 Å². The van der Waals surface area contributed by atoms with Crippen LogP contribution in [0.1, 0.15) is 38.7 Å². The number of carbonyl (C=O) groups is 3. The van der Waals surface area contributed by atoms with E-state index in [2.05, 4.69) is 20.9 Å². The number of pyridine rings is 1. The van der Waals surface area contributed by atoms with Crippen molar-refractivity contribution in [3.8, 4) is 0 Å². The molecule has 35 heavy (non-hydrogen) atoms. The van der Waals surface area contributed by atoms with Crippen molar-refractivity contribution in [1.29, 1.82) is 5.41 Å². The number of nitrogens with zero attached hydrogens (tertiary/aromatic N) is 1. The summed E-state index contributed by atoms with van der Waals surface area (Å²) in [6.07, 6.45) is 3.26. The molecular weight excluding hydrogens is 448 g/mol. The van der Waals surface area contributed by atoms with Crippen molar-refractivity contribution in [3.63, 3.8) is 0 Å². The number of nitrogen functional groups attached to an aromatic ring is 1. The average Bonchev–Trinajstić information content (AvgIpc) is 2.87. The molecule has 0 saturated heterocycles. The normalized spacial score (nSPS) is 11.3. The van der Waals surface area contributed by atoms with E-state index in [0.29, 0.717) is 24.2 Å². The number of nitrogens with two attached hydrogens (primary N) is 1. The Labute approximate surface area is 202 Å². The maximum Gasteiger partial charge on any atom is 0.335 e. The van der Waals surface area contributed by atoms with E-state index in [1.165, 1.54) is 12.1 Å². The van der Waals surface area contributed by atoms with E-state index in [1.54, 1.807) is 60.9 Å². The van der Waals surface area contributed by atoms with Gasteiger partial charge in [0, 0.05) is 31.0 Å². The second-order valence-corrected chi connectivity index (χ2v) is 7.70. The first-order valence-electron chi connectivity index (χ1n) is 10.8. The fraction of sp³-hybridized carbons (Fsp3) is 0.160. The van der Waals surface area contributed by atoms with Gasteiger partial charge in [-0.3, -0.25) is 25.3 Å². The first kappa shape index (κ1) is 25.1. The number of aromatic carboxylic acids is 1. The zero-order chi connectivity index (χ0) is 25.2. The average molecular weight is 475 g/mol. The molecule has 2 aromatic carbocycles. The molecule has 0 spiro atoms. The lowest BCUT2D eigenvalue weighted by Gasteiger charge is -2.19. The molecule has 3 rings (SSSR count). The van der Waals surface area contributed by atoms with Gasteiger partial charge in [0.05, 0.1) is 12.1 Å². The first-order valence-corrected chi connectivity index (χ1v) is 10.8. The molecule has 10 nitrogen and oxygen atoms in total. The number of nitrogens with one attached hydrogen (secondary N) is 4. The van der Waals surface area contributed by atoms with Gasteiger partial charge in [-0.1, -0.05) is 36.4 Å². The highest BCUT2D eigenvalue weighted by Gasteiger charge is 2.21. The van der Waals surface area contributed by atoms with Gasteiger partial charge in [-0.25, -0.2) is 4.79 Å². The first-order chi connectivity index (χ1) is 16.8. The van der Waals surface area contributed by atoms with Gasteiger partial charge in [-0.2, -0.15) is 0 Å². The van der Waals surface area contributed by atoms with Crippen LogP contribution < -0.4 is 21.7 Å². The van der Waals surface area contributed by atoms with E-state index in [9.17, 15) is 14.4 Å². The van der Waals surface area contributed by atoms with E-state index in [1.807, 2.05) is 0 Å². The van der Waals surface area contributed by atoms with Gasteiger partial charge in [0.2, 0.25) is 11.8 Å². The summed E-state index contributed by atoms with van der Waals surface area (Å²) in [4.78, 5) is 40.3. The number of carboxylic acids is 1. The summed E-state index contributed by atoms with van der Waals surface area (Å²) in [5.74, 6) is -1.90. The molecule has 0 aliphatic rings. The standard InChI is InChI=1S/C25H26N6O4/c26-23(27)19-3-1-16(2-4-19)14-30-22(18-5-7-20(8-6-18)25(34)35)24(33)31-15-21(32)29-13-17-9-11-28-12-10-17/h1-12,22,30H,13-15H2,(H3,26,27)(H,29,32)(H,31,33)(H,34,35). The lowest BCUT2D eigenvalue weighted by atomic mass is 10.0. The maximum atomic E-state index is 13.0. The molecule has 1 unspecified atom stereocenters. The van der Waals surface area contributed by atoms with Crippen LogP contribution in [0, 0.1) is 5.41 Å². The van der Waals surface area contributed by atoms with Crippen molar-refractivity contribution >= 4 is 23.6 Å². The molecule has 0 bridgehead atoms. The third-order valence-electron chi connectivity index (χ3n) is 5.19. The molecule has 2 amide bonds. The molecule has 0 aliphatic carbocycles. The Balaban J connectivity index is 1.65. The largest absolute Gasteiger partial charge is 0.478 e. The summed E-state index contributed by atoms with van der Waals surface area (Å²) in [7, 11) is 0. The van der Waals surface area contributed by atoms with Gasteiger partial charge >= 0.3 is 5.97 Å². The number of amides is 2. The Morgan fingerprint density at radius 2 is 1.46 bits per heavy atom. The van der Waals surface area contributed by atoms with Crippen LogP contribution in [-0.2, 0) is 22.7 Å². The summed E-state index contributed by atoms with van der Waals surface area (Å²) < 4.78 is 0. The highest BCUT2D eigenvalue weighted by molar-refractivity contribution is 5.95. The Morgan fingerprint density at radius 1 is 0.857 bits per heavy atom. The van der Waals surface area contributed by atoms with Gasteiger partial charge in [-0.15, -0.1) is 0 Å². The van der Waals surface area contributed by atoms with Crippen LogP contribution in [0.25, 0.3) is 0 Å². The number of aromatic nitrogens is 1. The summed E-state index contributed by atoms with van der Waals surface area (Å²) >= 11 is 0. The highest BCUT2D eigenvalue weighted by Crippen LogP contribution is 2.16. The number of rotatable bonds is 11. The quantitative estimate of drug-likeness (QED) is 0.180. The second kappa shape index (κ2) is 12.1. The van der Waals surface area contributed by atoms with Crippen LogP contribution in [0.5, 0.6) is 0 Å². The SMILES string of the molecule is N=C(N)c1ccc(CNC(C(=O)NCC(=O)NCc2ccncc2)c2ccc(C(=O)O)cc2)cc1. The highest BCUT2D eigenvalue weighted by atomic mass is 16.4. The lowest BCUT2D eigenvalue weighted by Crippen LogP contribution is -2.42. The number of benzene rings is 2. The minimum absolute atomic E-state index is 0.0394. The Kier molecular flexibility index (Phi) is 8.63. The van der Waals surface area contributed by atoms with Crippen molar-refractivity contribution in [2.45, 2.75) is 19.1 Å². The Bertz CT molecular complexity index is 1180. The third kappa shape index (κ3) is 7.47. The smallest absolute Gasteiger partial charge is 0.335 e. The zero-order valence-electron chi connectivity index (χ0n) is 18.8. The van der Waals surface area contributed by atoms with Crippen molar-refractivity contribution in [1.82, 2.24) is 20.9 Å². The van der Waals surface area contributed by atoms with Gasteiger partial charge < -0.3 is 21.5 Å². The zero-order valence-corrected chi connectivity index (χ0v) is 18.8. The van der Waals surface area contributed by atoms with E-state index in [4.69, 9.17) is 16.2 Å². The fourth-order valence-corrected chi connectivity index (χ4v) is 3.24. The van der Waals surface area contributed by atoms with Crippen LogP contribution >= 0.6 is 0 Å². The summed E-state index contributed by atoms with van der Waals surface area (Å²) in [5.41, 5.74) is 8.45. The molecule has 1 aromatic heterocycles. The molecule has 0 fully saturated rings. The van der Waals surface area contributed by atoms with Crippen molar-refractivity contribution in [2.75, 3.05) is 6.54 Å². The summed E-state index contributed by atoms with van der Waals surface area (Å²) in [5, 5.41) is 25.1. The second-order valence-electron chi connectivity index (χ2n) is 7.70. The molecule has 0 aliphatic heterocycles. The van der Waals surface area contributed by atoms with Crippen LogP contribution in [0.3, 0.4) is 0 Å². The van der Waals surface area contributed by atoms with Crippen LogP contribution in [0.15, 0.2) is 73.1 Å². The molecular formula is C25H26N6O4. The predicted molar refractivity (Wildman–Crippen MR) is 130 cm³/mol. The Morgan fingerprint density at radius 3 is 2.06 bits per heavy atom. The summed E-state index contributed by atoms with van der Waals surface area (Å²) in [6.45, 7) is 0.402. The van der Waals surface area contributed by atoms with Crippen LogP contribution in [0.4, 0.5) is 0 Å². The molecule has 0 saturated carbocycles. The minimum atomic E-state index is -1.07. The van der Waals surface area contributed by atoms with Crippen molar-refractivity contribution in [2.24, 2.45) is 5.73 Å². The van der Waals surface area contributed by atoms with Crippen LogP contribution in [0.2, 0.25) is 0 Å². The molecule has 10 heteroatoms. The summed E-state index contributed by atoms with van der Waals surface area (Å²) in [6, 6.07) is 15.7. The van der Waals surface area contributed by atoms with Gasteiger partial charge in [-0.05, 0) is 41.0 Å². The number of carbonyl (C=O) groups excluding carboxylic acids is 2. The predicted octanol–water partition coefficient (Wildman–Crippen LogP) is 1.33. The van der Waals surface area contributed by atoms with Gasteiger partial charge in [0.1, 0.15) is 11.9 Å². The fourth-order valence-electron chi connectivity index (χ4n) is 3.24. The molecule has 3 aromatic rings. The third-order valence-corrected chi connectivity index (χ3v) is 5.19. The minimum Gasteiger partial charge on any atom is -0.478 e. The van der Waals surface area contributed by atoms with Gasteiger partial charge in [0.15, 0.2) is 0 Å². The Hall–Kier alpha value is -4.57. The lowest BCUT2D eigenvalue weighted by molar-refractivity contribution is -0.127. The molecule has 1 heterocycles. The number of amidine groups is 1. The number of hydrogen-bond acceptors (Lipinski definition) is 6. The number of hydrogen-bond donors (Lipinski definition) is 6. The topological polar surface area (TPSA) is 170 Å². The molecule has 180 valence electrons. The van der Waals surface area contributed by atoms with E-state index >= 15 is 0 Å².